The molecule has 1 amide bonds. The molecule has 3 aromatic rings. The van der Waals surface area contributed by atoms with Crippen molar-refractivity contribution < 1.29 is 4.79 Å². The van der Waals surface area contributed by atoms with Crippen molar-refractivity contribution in [3.8, 4) is 11.5 Å². The summed E-state index contributed by atoms with van der Waals surface area (Å²) in [4.78, 5) is 36.8. The van der Waals surface area contributed by atoms with E-state index in [1.165, 1.54) is 6.33 Å². The predicted molar refractivity (Wildman–Crippen MR) is 104 cm³/mol. The van der Waals surface area contributed by atoms with Gasteiger partial charge in [0.15, 0.2) is 5.82 Å². The number of aryl methyl sites for hydroxylation is 3. The number of carbonyl (C=O) groups excluding carboxylic acids is 1. The van der Waals surface area contributed by atoms with E-state index < -0.39 is 0 Å². The van der Waals surface area contributed by atoms with E-state index in [9.17, 15) is 4.79 Å². The van der Waals surface area contributed by atoms with Crippen LogP contribution in [0.5, 0.6) is 0 Å². The van der Waals surface area contributed by atoms with Crippen LogP contribution in [-0.2, 0) is 7.05 Å². The second kappa shape index (κ2) is 7.46. The zero-order valence-electron chi connectivity index (χ0n) is 16.3. The van der Waals surface area contributed by atoms with Gasteiger partial charge in [-0.3, -0.25) is 4.79 Å². The molecule has 0 aliphatic carbocycles. The number of amides is 1. The van der Waals surface area contributed by atoms with Gasteiger partial charge in [0, 0.05) is 50.3 Å². The zero-order valence-corrected chi connectivity index (χ0v) is 16.3. The molecule has 0 bridgehead atoms. The molecular formula is C20H23N7O. The first-order valence-corrected chi connectivity index (χ1v) is 9.42. The van der Waals surface area contributed by atoms with E-state index in [1.54, 1.807) is 12.4 Å². The van der Waals surface area contributed by atoms with Gasteiger partial charge in [-0.2, -0.15) is 0 Å². The number of rotatable bonds is 3. The third kappa shape index (κ3) is 3.49. The van der Waals surface area contributed by atoms with Crippen LogP contribution in [0, 0.1) is 13.8 Å². The van der Waals surface area contributed by atoms with E-state index in [1.807, 2.05) is 42.6 Å². The van der Waals surface area contributed by atoms with Gasteiger partial charge >= 0.3 is 0 Å². The lowest BCUT2D eigenvalue weighted by atomic mass is 9.96. The molecule has 4 rings (SSSR count). The molecule has 1 atom stereocenters. The Morgan fingerprint density at radius 3 is 2.82 bits per heavy atom. The van der Waals surface area contributed by atoms with Gasteiger partial charge < -0.3 is 9.47 Å². The first-order chi connectivity index (χ1) is 13.5. The van der Waals surface area contributed by atoms with Crippen LogP contribution in [0.25, 0.3) is 11.5 Å². The third-order valence-electron chi connectivity index (χ3n) is 5.14. The van der Waals surface area contributed by atoms with Crippen LogP contribution < -0.4 is 0 Å². The van der Waals surface area contributed by atoms with Crippen LogP contribution in [0.3, 0.4) is 0 Å². The maximum atomic E-state index is 13.0. The fourth-order valence-electron chi connectivity index (χ4n) is 3.64. The maximum absolute atomic E-state index is 13.0. The highest BCUT2D eigenvalue weighted by atomic mass is 16.2. The fraction of sp³-hybridized carbons (Fsp3) is 0.400. The van der Waals surface area contributed by atoms with Crippen LogP contribution in [0.2, 0.25) is 0 Å². The van der Waals surface area contributed by atoms with Crippen molar-refractivity contribution in [2.24, 2.45) is 7.05 Å². The van der Waals surface area contributed by atoms with Crippen LogP contribution in [0.15, 0.2) is 31.0 Å². The summed E-state index contributed by atoms with van der Waals surface area (Å²) in [7, 11) is 1.95. The molecule has 8 nitrogen and oxygen atoms in total. The first-order valence-electron chi connectivity index (χ1n) is 9.42. The molecule has 0 N–H and O–H groups in total. The normalized spacial score (nSPS) is 17.0. The molecule has 1 aliphatic heterocycles. The van der Waals surface area contributed by atoms with Gasteiger partial charge in [-0.1, -0.05) is 0 Å². The minimum absolute atomic E-state index is 0.0280. The van der Waals surface area contributed by atoms with Gasteiger partial charge in [-0.25, -0.2) is 24.9 Å². The Labute approximate surface area is 163 Å². The quantitative estimate of drug-likeness (QED) is 0.696. The van der Waals surface area contributed by atoms with Crippen molar-refractivity contribution in [3.63, 3.8) is 0 Å². The molecule has 0 spiro atoms. The molecule has 3 aromatic heterocycles. The molecule has 0 radical (unpaired) electrons. The zero-order chi connectivity index (χ0) is 19.7. The number of likely N-dealkylation sites (tertiary alicyclic amines) is 1. The van der Waals surface area contributed by atoms with Gasteiger partial charge in [0.1, 0.15) is 17.8 Å². The van der Waals surface area contributed by atoms with Crippen molar-refractivity contribution in [1.82, 2.24) is 34.4 Å². The summed E-state index contributed by atoms with van der Waals surface area (Å²) in [6.45, 7) is 5.12. The second-order valence-electron chi connectivity index (χ2n) is 7.23. The topological polar surface area (TPSA) is 89.7 Å². The lowest BCUT2D eigenvalue weighted by molar-refractivity contribution is 0.0703. The van der Waals surface area contributed by atoms with Crippen LogP contribution in [-0.4, -0.2) is 53.4 Å². The summed E-state index contributed by atoms with van der Waals surface area (Å²) in [6, 6.07) is 1.95. The molecule has 1 saturated heterocycles. The SMILES string of the molecule is Cc1cc(-c2nccn2C)nc([C@H]2CCCN(C(=O)c3cncnc3C)C2)n1. The van der Waals surface area contributed by atoms with Crippen molar-refractivity contribution in [1.29, 1.82) is 0 Å². The first kappa shape index (κ1) is 18.2. The lowest BCUT2D eigenvalue weighted by Crippen LogP contribution is -2.40. The number of piperidine rings is 1. The predicted octanol–water partition coefficient (Wildman–Crippen LogP) is 2.30. The van der Waals surface area contributed by atoms with Crippen LogP contribution in [0.4, 0.5) is 0 Å². The average molecular weight is 377 g/mol. The number of hydrogen-bond acceptors (Lipinski definition) is 6. The minimum Gasteiger partial charge on any atom is -0.338 e. The van der Waals surface area contributed by atoms with E-state index in [0.717, 1.165) is 42.4 Å². The number of aromatic nitrogens is 6. The Morgan fingerprint density at radius 2 is 2.07 bits per heavy atom. The molecule has 0 aromatic carbocycles. The maximum Gasteiger partial charge on any atom is 0.257 e. The Morgan fingerprint density at radius 1 is 1.21 bits per heavy atom. The Bertz CT molecular complexity index is 1010. The van der Waals surface area contributed by atoms with E-state index in [-0.39, 0.29) is 11.8 Å². The highest BCUT2D eigenvalue weighted by molar-refractivity contribution is 5.95. The van der Waals surface area contributed by atoms with Gasteiger partial charge in [0.25, 0.3) is 5.91 Å². The van der Waals surface area contributed by atoms with Crippen LogP contribution >= 0.6 is 0 Å². The highest BCUT2D eigenvalue weighted by Crippen LogP contribution is 2.27. The van der Waals surface area contributed by atoms with Crippen LogP contribution in [0.1, 0.15) is 46.3 Å². The standard InChI is InChI=1S/C20H23N7O/c1-13-9-17(19-22-6-8-26(19)3)25-18(24-13)15-5-4-7-27(11-15)20(28)16-10-21-12-23-14(16)2/h6,8-10,12,15H,4-5,7,11H2,1-3H3/t15-/m0/s1. The highest BCUT2D eigenvalue weighted by Gasteiger charge is 2.28. The third-order valence-corrected chi connectivity index (χ3v) is 5.14. The van der Waals surface area contributed by atoms with Gasteiger partial charge in [0.2, 0.25) is 0 Å². The van der Waals surface area contributed by atoms with Crippen molar-refractivity contribution >= 4 is 5.91 Å². The summed E-state index contributed by atoms with van der Waals surface area (Å²) in [6.07, 6.45) is 8.59. The smallest absolute Gasteiger partial charge is 0.257 e. The summed E-state index contributed by atoms with van der Waals surface area (Å²) < 4.78 is 1.94. The Kier molecular flexibility index (Phi) is 4.85. The molecule has 4 heterocycles. The average Bonchev–Trinajstić information content (AvgIpc) is 3.13. The van der Waals surface area contributed by atoms with E-state index in [4.69, 9.17) is 4.98 Å². The van der Waals surface area contributed by atoms with E-state index >= 15 is 0 Å². The Hall–Kier alpha value is -3.16. The molecule has 144 valence electrons. The summed E-state index contributed by atoms with van der Waals surface area (Å²) >= 11 is 0. The Balaban J connectivity index is 1.60. The largest absolute Gasteiger partial charge is 0.338 e. The van der Waals surface area contributed by atoms with Crippen molar-refractivity contribution in [2.45, 2.75) is 32.6 Å². The van der Waals surface area contributed by atoms with Gasteiger partial charge in [-0.15, -0.1) is 0 Å². The number of carbonyl (C=O) groups is 1. The summed E-state index contributed by atoms with van der Waals surface area (Å²) in [5.74, 6) is 1.66. The van der Waals surface area contributed by atoms with Crippen molar-refractivity contribution in [3.05, 3.63) is 53.8 Å². The van der Waals surface area contributed by atoms with E-state index in [2.05, 4.69) is 19.9 Å². The summed E-state index contributed by atoms with van der Waals surface area (Å²) in [5, 5.41) is 0. The molecule has 1 fully saturated rings. The number of nitrogens with zero attached hydrogens (tertiary/aromatic N) is 7. The number of imidazole rings is 1. The fourth-order valence-corrected chi connectivity index (χ4v) is 3.64. The monoisotopic (exact) mass is 377 g/mol. The molecule has 0 saturated carbocycles. The number of hydrogen-bond donors (Lipinski definition) is 0. The molecular weight excluding hydrogens is 354 g/mol. The molecule has 8 heteroatoms. The molecule has 0 unspecified atom stereocenters. The lowest BCUT2D eigenvalue weighted by Gasteiger charge is -2.32. The molecule has 28 heavy (non-hydrogen) atoms. The van der Waals surface area contributed by atoms with Gasteiger partial charge in [-0.05, 0) is 32.8 Å². The van der Waals surface area contributed by atoms with Crippen molar-refractivity contribution in [2.75, 3.05) is 13.1 Å². The minimum atomic E-state index is -0.0280. The summed E-state index contributed by atoms with van der Waals surface area (Å²) in [5.41, 5.74) is 2.97. The van der Waals surface area contributed by atoms with E-state index in [0.29, 0.717) is 17.8 Å². The molecule has 1 aliphatic rings. The van der Waals surface area contributed by atoms with Gasteiger partial charge in [0.05, 0.1) is 11.3 Å². The second-order valence-corrected chi connectivity index (χ2v) is 7.23.